The predicted octanol–water partition coefficient (Wildman–Crippen LogP) is 5.03. The van der Waals surface area contributed by atoms with E-state index < -0.39 is 0 Å². The molecule has 0 saturated heterocycles. The van der Waals surface area contributed by atoms with Crippen molar-refractivity contribution in [2.75, 3.05) is 5.32 Å². The average Bonchev–Trinajstić information content (AvgIpc) is 2.83. The van der Waals surface area contributed by atoms with Gasteiger partial charge in [0.25, 0.3) is 0 Å². The minimum Gasteiger partial charge on any atom is -0.377 e. The molecular formula is C14H13ClFNS. The summed E-state index contributed by atoms with van der Waals surface area (Å²) in [5, 5.41) is 6.06. The number of hydrogen-bond acceptors (Lipinski definition) is 2. The number of benzene rings is 1. The van der Waals surface area contributed by atoms with Crippen molar-refractivity contribution in [3.63, 3.8) is 0 Å². The molecule has 2 aromatic rings. The van der Waals surface area contributed by atoms with Gasteiger partial charge in [0.1, 0.15) is 5.82 Å². The van der Waals surface area contributed by atoms with E-state index in [1.807, 2.05) is 0 Å². The number of nitrogens with one attached hydrogen (secondary N) is 1. The summed E-state index contributed by atoms with van der Waals surface area (Å²) in [4.78, 5) is 1.44. The third-order valence-electron chi connectivity index (χ3n) is 3.31. The summed E-state index contributed by atoms with van der Waals surface area (Å²) in [5.74, 6) is -0.261. The molecule has 1 unspecified atom stereocenters. The van der Waals surface area contributed by atoms with Gasteiger partial charge < -0.3 is 5.32 Å². The van der Waals surface area contributed by atoms with E-state index in [1.165, 1.54) is 22.6 Å². The van der Waals surface area contributed by atoms with Gasteiger partial charge >= 0.3 is 0 Å². The fraction of sp³-hybridized carbons (Fsp3) is 0.286. The molecule has 0 bridgehead atoms. The zero-order valence-corrected chi connectivity index (χ0v) is 11.3. The topological polar surface area (TPSA) is 12.0 Å². The first-order chi connectivity index (χ1) is 8.74. The summed E-state index contributed by atoms with van der Waals surface area (Å²) in [5.41, 5.74) is 2.02. The number of halogens is 2. The van der Waals surface area contributed by atoms with Crippen molar-refractivity contribution >= 4 is 28.6 Å². The Hall–Kier alpha value is -1.06. The lowest BCUT2D eigenvalue weighted by Gasteiger charge is -2.25. The van der Waals surface area contributed by atoms with Gasteiger partial charge in [-0.25, -0.2) is 4.39 Å². The highest BCUT2D eigenvalue weighted by molar-refractivity contribution is 7.10. The van der Waals surface area contributed by atoms with Gasteiger partial charge in [-0.1, -0.05) is 11.6 Å². The van der Waals surface area contributed by atoms with Crippen molar-refractivity contribution in [2.45, 2.75) is 25.3 Å². The molecular weight excluding hydrogens is 269 g/mol. The Balaban J connectivity index is 1.88. The lowest BCUT2D eigenvalue weighted by atomic mass is 9.94. The summed E-state index contributed by atoms with van der Waals surface area (Å²) in [6.07, 6.45) is 3.39. The number of rotatable bonds is 2. The second kappa shape index (κ2) is 4.90. The van der Waals surface area contributed by atoms with Crippen LogP contribution in [0.5, 0.6) is 0 Å². The predicted molar refractivity (Wildman–Crippen MR) is 75.0 cm³/mol. The van der Waals surface area contributed by atoms with Crippen LogP contribution in [-0.4, -0.2) is 0 Å². The van der Waals surface area contributed by atoms with Crippen LogP contribution in [0.3, 0.4) is 0 Å². The molecule has 1 N–H and O–H groups in total. The van der Waals surface area contributed by atoms with E-state index in [-0.39, 0.29) is 11.9 Å². The minimum atomic E-state index is -0.261. The Morgan fingerprint density at radius 3 is 3.11 bits per heavy atom. The first-order valence-electron chi connectivity index (χ1n) is 6.02. The summed E-state index contributed by atoms with van der Waals surface area (Å²) in [6, 6.07) is 6.84. The van der Waals surface area contributed by atoms with Crippen LogP contribution in [0.1, 0.15) is 29.3 Å². The molecule has 3 rings (SSSR count). The number of fused-ring (bicyclic) bond motifs is 1. The first-order valence-corrected chi connectivity index (χ1v) is 7.27. The maximum absolute atomic E-state index is 13.2. The van der Waals surface area contributed by atoms with Crippen LogP contribution in [0.15, 0.2) is 29.6 Å². The van der Waals surface area contributed by atoms with E-state index in [1.54, 1.807) is 17.4 Å². The Kier molecular flexibility index (Phi) is 3.27. The number of thiophene rings is 1. The maximum atomic E-state index is 13.2. The highest BCUT2D eigenvalue weighted by Crippen LogP contribution is 2.37. The van der Waals surface area contributed by atoms with Crippen LogP contribution in [0.4, 0.5) is 10.1 Å². The Morgan fingerprint density at radius 1 is 1.33 bits per heavy atom. The monoisotopic (exact) mass is 281 g/mol. The third kappa shape index (κ3) is 2.25. The molecule has 4 heteroatoms. The summed E-state index contributed by atoms with van der Waals surface area (Å²) < 4.78 is 13.2. The van der Waals surface area contributed by atoms with E-state index in [2.05, 4.69) is 16.8 Å². The van der Waals surface area contributed by atoms with Gasteiger partial charge in [0, 0.05) is 4.88 Å². The summed E-state index contributed by atoms with van der Waals surface area (Å²) >= 11 is 7.89. The SMILES string of the molecule is Fc1ccc(Cl)c(NC2CCCc3sccc32)c1. The molecule has 1 heterocycles. The molecule has 0 amide bonds. The van der Waals surface area contributed by atoms with E-state index in [9.17, 15) is 4.39 Å². The van der Waals surface area contributed by atoms with Gasteiger partial charge in [-0.05, 0) is 54.5 Å². The molecule has 1 aromatic heterocycles. The molecule has 0 saturated carbocycles. The van der Waals surface area contributed by atoms with E-state index in [0.717, 1.165) is 19.3 Å². The van der Waals surface area contributed by atoms with Gasteiger partial charge in [0.15, 0.2) is 0 Å². The Morgan fingerprint density at radius 2 is 2.22 bits per heavy atom. The van der Waals surface area contributed by atoms with Crippen molar-refractivity contribution in [3.05, 3.63) is 50.9 Å². The molecule has 0 aliphatic heterocycles. The normalized spacial score (nSPS) is 18.4. The van der Waals surface area contributed by atoms with Gasteiger partial charge in [-0.15, -0.1) is 11.3 Å². The van der Waals surface area contributed by atoms with Crippen LogP contribution in [0, 0.1) is 5.82 Å². The molecule has 1 aromatic carbocycles. The summed E-state index contributed by atoms with van der Waals surface area (Å²) in [6.45, 7) is 0. The zero-order valence-electron chi connectivity index (χ0n) is 9.75. The van der Waals surface area contributed by atoms with E-state index in [4.69, 9.17) is 11.6 Å². The largest absolute Gasteiger partial charge is 0.377 e. The quantitative estimate of drug-likeness (QED) is 0.814. The Labute approximate surface area is 115 Å². The van der Waals surface area contributed by atoms with E-state index in [0.29, 0.717) is 10.7 Å². The van der Waals surface area contributed by atoms with Crippen LogP contribution in [-0.2, 0) is 6.42 Å². The molecule has 0 spiro atoms. The number of aryl methyl sites for hydroxylation is 1. The molecule has 18 heavy (non-hydrogen) atoms. The standard InChI is InChI=1S/C14H13ClFNS/c15-11-5-4-9(16)8-13(11)17-12-2-1-3-14-10(12)6-7-18-14/h4-8,12,17H,1-3H2. The number of anilines is 1. The van der Waals surface area contributed by atoms with Crippen molar-refractivity contribution in [3.8, 4) is 0 Å². The number of hydrogen-bond donors (Lipinski definition) is 1. The van der Waals surface area contributed by atoms with Crippen LogP contribution < -0.4 is 5.32 Å². The lowest BCUT2D eigenvalue weighted by molar-refractivity contribution is 0.605. The highest BCUT2D eigenvalue weighted by Gasteiger charge is 2.21. The van der Waals surface area contributed by atoms with Gasteiger partial charge in [-0.2, -0.15) is 0 Å². The second-order valence-electron chi connectivity index (χ2n) is 4.51. The van der Waals surface area contributed by atoms with Crippen LogP contribution in [0.2, 0.25) is 5.02 Å². The molecule has 1 atom stereocenters. The first kappa shape index (κ1) is 12.0. The van der Waals surface area contributed by atoms with Crippen LogP contribution >= 0.6 is 22.9 Å². The summed E-state index contributed by atoms with van der Waals surface area (Å²) in [7, 11) is 0. The minimum absolute atomic E-state index is 0.249. The van der Waals surface area contributed by atoms with Crippen molar-refractivity contribution in [2.24, 2.45) is 0 Å². The maximum Gasteiger partial charge on any atom is 0.125 e. The highest BCUT2D eigenvalue weighted by atomic mass is 35.5. The van der Waals surface area contributed by atoms with Crippen molar-refractivity contribution < 1.29 is 4.39 Å². The van der Waals surface area contributed by atoms with E-state index >= 15 is 0 Å². The molecule has 1 aliphatic carbocycles. The molecule has 0 fully saturated rings. The average molecular weight is 282 g/mol. The van der Waals surface area contributed by atoms with Crippen molar-refractivity contribution in [1.29, 1.82) is 0 Å². The third-order valence-corrected chi connectivity index (χ3v) is 4.64. The smallest absolute Gasteiger partial charge is 0.125 e. The molecule has 0 radical (unpaired) electrons. The van der Waals surface area contributed by atoms with Gasteiger partial charge in [0.2, 0.25) is 0 Å². The second-order valence-corrected chi connectivity index (χ2v) is 5.92. The van der Waals surface area contributed by atoms with Crippen molar-refractivity contribution in [1.82, 2.24) is 0 Å². The lowest BCUT2D eigenvalue weighted by Crippen LogP contribution is -2.15. The molecule has 1 aliphatic rings. The van der Waals surface area contributed by atoms with Gasteiger partial charge in [-0.3, -0.25) is 0 Å². The fourth-order valence-corrected chi connectivity index (χ4v) is 3.59. The van der Waals surface area contributed by atoms with Crippen LogP contribution in [0.25, 0.3) is 0 Å². The fourth-order valence-electron chi connectivity index (χ4n) is 2.43. The zero-order chi connectivity index (χ0) is 12.5. The van der Waals surface area contributed by atoms with Gasteiger partial charge in [0.05, 0.1) is 16.8 Å². The Bertz CT molecular complexity index is 567. The molecule has 94 valence electrons. The molecule has 1 nitrogen and oxygen atoms in total.